The normalized spacial score (nSPS) is 15.8. The van der Waals surface area contributed by atoms with Crippen LogP contribution < -0.4 is 0 Å². The zero-order chi connectivity index (χ0) is 6.69. The summed E-state index contributed by atoms with van der Waals surface area (Å²) in [6.07, 6.45) is 1.14. The van der Waals surface area contributed by atoms with Gasteiger partial charge in [-0.15, -0.1) is 11.8 Å². The Balaban J connectivity index is 0.000000810. The van der Waals surface area contributed by atoms with Crippen molar-refractivity contribution in [2.45, 2.75) is 0 Å². The van der Waals surface area contributed by atoms with E-state index in [0.29, 0.717) is 5.04 Å². The van der Waals surface area contributed by atoms with Gasteiger partial charge in [0.05, 0.1) is 5.04 Å². The van der Waals surface area contributed by atoms with Crippen LogP contribution >= 0.6 is 11.8 Å². The average molecular weight is 168 g/mol. The van der Waals surface area contributed by atoms with Crippen LogP contribution in [-0.4, -0.2) is 58.0 Å². The van der Waals surface area contributed by atoms with Crippen LogP contribution in [-0.2, 0) is 4.79 Å². The Hall–Kier alpha value is 0.490. The van der Waals surface area contributed by atoms with Gasteiger partial charge in [0.1, 0.15) is 6.42 Å². The molecule has 51 valence electrons. The first-order valence-electron chi connectivity index (χ1n) is 2.54. The quantitative estimate of drug-likeness (QED) is 0.579. The fourth-order valence-electron chi connectivity index (χ4n) is 0.545. The summed E-state index contributed by atoms with van der Waals surface area (Å²) in [5, 5.41) is 8.87. The number of aliphatic carboxylic acids is 1. The number of hydrogen-bond donors (Lipinski definition) is 1. The second kappa shape index (κ2) is 5.18. The molecule has 0 amide bonds. The van der Waals surface area contributed by atoms with Crippen LogP contribution in [0.4, 0.5) is 0 Å². The molecule has 1 aliphatic rings. The Bertz CT molecular complexity index is 160. The number of rotatable bonds is 2. The number of thioether (sulfide) groups is 1. The van der Waals surface area contributed by atoms with Crippen LogP contribution in [0.25, 0.3) is 0 Å². The Labute approximate surface area is 85.6 Å². The molecule has 10 heavy (non-hydrogen) atoms. The molecule has 1 aliphatic heterocycles. The maximum atomic E-state index is 10.0. The average Bonchev–Trinajstić information content (AvgIpc) is 2.15. The van der Waals surface area contributed by atoms with Crippen LogP contribution in [0.2, 0.25) is 0 Å². The van der Waals surface area contributed by atoms with Crippen LogP contribution in [0, 0.1) is 6.42 Å². The number of carboxylic acid groups (broad SMARTS) is 1. The van der Waals surface area contributed by atoms with Crippen LogP contribution in [0.1, 0.15) is 0 Å². The zero-order valence-electron chi connectivity index (χ0n) is 4.70. The standard InChI is InChI=1S/C5H6NO2S.Na.H/c7-5(8)3-4-6-1-2-9-4;;/h3H,1-2H2,(H,7,8);;. The van der Waals surface area contributed by atoms with Gasteiger partial charge in [0, 0.05) is 12.3 Å². The molecule has 1 rings (SSSR count). The molecule has 3 nitrogen and oxygen atoms in total. The number of carboxylic acids is 1. The van der Waals surface area contributed by atoms with Gasteiger partial charge >= 0.3 is 35.5 Å². The van der Waals surface area contributed by atoms with Crippen molar-refractivity contribution in [3.8, 4) is 0 Å². The van der Waals surface area contributed by atoms with E-state index in [0.717, 1.165) is 18.7 Å². The summed E-state index contributed by atoms with van der Waals surface area (Å²) in [4.78, 5) is 13.9. The molecule has 0 aliphatic carbocycles. The minimum atomic E-state index is -0.914. The second-order valence-electron chi connectivity index (χ2n) is 1.55. The van der Waals surface area contributed by atoms with E-state index in [9.17, 15) is 4.79 Å². The molecule has 0 unspecified atom stereocenters. The molecule has 1 heterocycles. The summed E-state index contributed by atoms with van der Waals surface area (Å²) in [6, 6.07) is 0. The Kier molecular flexibility index (Phi) is 5.44. The fraction of sp³-hybridized carbons (Fsp3) is 0.400. The molecular formula is C5H7NNaO2S. The zero-order valence-corrected chi connectivity index (χ0v) is 5.52. The summed E-state index contributed by atoms with van der Waals surface area (Å²) in [7, 11) is 0. The number of aliphatic imine (C=N–C) groups is 1. The van der Waals surface area contributed by atoms with Gasteiger partial charge in [-0.25, -0.2) is 0 Å². The Morgan fingerprint density at radius 2 is 2.50 bits per heavy atom. The Morgan fingerprint density at radius 3 is 2.90 bits per heavy atom. The number of carbonyl (C=O) groups is 1. The van der Waals surface area contributed by atoms with E-state index in [4.69, 9.17) is 5.11 Å². The van der Waals surface area contributed by atoms with Gasteiger partial charge in [-0.05, 0) is 0 Å². The van der Waals surface area contributed by atoms with E-state index >= 15 is 0 Å². The third kappa shape index (κ3) is 3.61. The van der Waals surface area contributed by atoms with Gasteiger partial charge < -0.3 is 5.11 Å². The van der Waals surface area contributed by atoms with Gasteiger partial charge in [0.25, 0.3) is 0 Å². The van der Waals surface area contributed by atoms with Crippen molar-refractivity contribution in [2.75, 3.05) is 12.3 Å². The predicted octanol–water partition coefficient (Wildman–Crippen LogP) is -0.228. The van der Waals surface area contributed by atoms with Crippen molar-refractivity contribution in [3.05, 3.63) is 6.42 Å². The molecule has 0 aromatic heterocycles. The molecule has 0 fully saturated rings. The van der Waals surface area contributed by atoms with Gasteiger partial charge in [-0.3, -0.25) is 9.79 Å². The predicted molar refractivity (Wildman–Crippen MR) is 43.8 cm³/mol. The monoisotopic (exact) mass is 168 g/mol. The van der Waals surface area contributed by atoms with E-state index in [1.54, 1.807) is 0 Å². The fourth-order valence-corrected chi connectivity index (χ4v) is 1.30. The van der Waals surface area contributed by atoms with E-state index in [2.05, 4.69) is 4.99 Å². The second-order valence-corrected chi connectivity index (χ2v) is 2.67. The molecule has 0 aromatic rings. The Morgan fingerprint density at radius 1 is 1.80 bits per heavy atom. The van der Waals surface area contributed by atoms with Crippen molar-refractivity contribution in [1.29, 1.82) is 0 Å². The number of hydrogen-bond acceptors (Lipinski definition) is 3. The van der Waals surface area contributed by atoms with E-state index in [-0.39, 0.29) is 29.6 Å². The molecule has 0 aromatic carbocycles. The van der Waals surface area contributed by atoms with Crippen LogP contribution in [0.5, 0.6) is 0 Å². The molecule has 0 saturated carbocycles. The molecule has 0 atom stereocenters. The van der Waals surface area contributed by atoms with Crippen molar-refractivity contribution in [1.82, 2.24) is 0 Å². The van der Waals surface area contributed by atoms with Crippen molar-refractivity contribution < 1.29 is 9.90 Å². The van der Waals surface area contributed by atoms with E-state index in [1.807, 2.05) is 0 Å². The molecule has 0 bridgehead atoms. The third-order valence-electron chi connectivity index (χ3n) is 0.856. The maximum absolute atomic E-state index is 10.0. The van der Waals surface area contributed by atoms with Crippen LogP contribution in [0.3, 0.4) is 0 Å². The van der Waals surface area contributed by atoms with Gasteiger partial charge in [-0.2, -0.15) is 0 Å². The van der Waals surface area contributed by atoms with Crippen LogP contribution in [0.15, 0.2) is 4.99 Å². The van der Waals surface area contributed by atoms with E-state index in [1.165, 1.54) is 11.8 Å². The topological polar surface area (TPSA) is 49.7 Å². The SMILES string of the molecule is O=C(O)[CH]C1=NCCS1.[NaH]. The van der Waals surface area contributed by atoms with Gasteiger partial charge in [0.2, 0.25) is 0 Å². The van der Waals surface area contributed by atoms with Crippen molar-refractivity contribution >= 4 is 52.3 Å². The molecule has 1 N–H and O–H groups in total. The first-order valence-corrected chi connectivity index (χ1v) is 3.52. The summed E-state index contributed by atoms with van der Waals surface area (Å²) < 4.78 is 0. The summed E-state index contributed by atoms with van der Waals surface area (Å²) in [6.45, 7) is 0.754. The third-order valence-corrected chi connectivity index (χ3v) is 1.79. The van der Waals surface area contributed by atoms with Gasteiger partial charge in [0.15, 0.2) is 0 Å². The first kappa shape index (κ1) is 10.5. The minimum absolute atomic E-state index is 0. The first-order chi connectivity index (χ1) is 4.29. The number of nitrogens with zero attached hydrogens (tertiary/aromatic N) is 1. The molecule has 1 radical (unpaired) electrons. The summed E-state index contributed by atoms with van der Waals surface area (Å²) >= 11 is 1.48. The molecule has 0 spiro atoms. The van der Waals surface area contributed by atoms with Crippen molar-refractivity contribution in [3.63, 3.8) is 0 Å². The van der Waals surface area contributed by atoms with Gasteiger partial charge in [-0.1, -0.05) is 0 Å². The molecule has 5 heteroatoms. The van der Waals surface area contributed by atoms with Crippen molar-refractivity contribution in [2.24, 2.45) is 4.99 Å². The summed E-state index contributed by atoms with van der Waals surface area (Å²) in [5.41, 5.74) is 0. The summed E-state index contributed by atoms with van der Waals surface area (Å²) in [5.74, 6) is 0.00204. The molecule has 0 saturated heterocycles. The molecular weight excluding hydrogens is 161 g/mol. The van der Waals surface area contributed by atoms with E-state index < -0.39 is 5.97 Å².